The van der Waals surface area contributed by atoms with Crippen molar-refractivity contribution in [2.45, 2.75) is 132 Å². The SMILES string of the molecule is CCC(C)C(=O)O[C@H]1C[C@@H](OC(C)=O)[C@@]2(C(=O)OC)CO[C@H]3[C@@H](O)[C@@](C)([C@]45O[C@@]4(C)C4CC5O[C@@H]5C[C@@H](OC)C[C@]45O)[C@@H]4[C@@H](C(=O)OC)OC[C@@]14[C@@H]32. The molecule has 0 aromatic rings. The maximum absolute atomic E-state index is 14.2. The number of aliphatic hydroxyl groups is 2. The minimum Gasteiger partial charge on any atom is -0.468 e. The van der Waals surface area contributed by atoms with E-state index in [4.69, 9.17) is 42.6 Å². The van der Waals surface area contributed by atoms with Crippen molar-refractivity contribution in [1.82, 2.24) is 0 Å². The Morgan fingerprint density at radius 3 is 2.29 bits per heavy atom. The number of carbonyl (C=O) groups is 4. The molecule has 18 atom stereocenters. The molecule has 8 fully saturated rings. The van der Waals surface area contributed by atoms with Gasteiger partial charge in [-0.05, 0) is 19.8 Å². The Balaban J connectivity index is 1.35. The highest BCUT2D eigenvalue weighted by molar-refractivity contribution is 5.81. The second-order valence-corrected chi connectivity index (χ2v) is 17.1. The highest BCUT2D eigenvalue weighted by atomic mass is 16.7. The summed E-state index contributed by atoms with van der Waals surface area (Å²) in [5.74, 6) is -5.55. The smallest absolute Gasteiger partial charge is 0.335 e. The van der Waals surface area contributed by atoms with Crippen molar-refractivity contribution >= 4 is 23.9 Å². The molecule has 4 aliphatic heterocycles. The molecule has 8 rings (SSSR count). The first kappa shape index (κ1) is 36.6. The lowest BCUT2D eigenvalue weighted by Crippen LogP contribution is -2.77. The normalized spacial score (nSPS) is 53.8. The highest BCUT2D eigenvalue weighted by Gasteiger charge is 2.95. The Morgan fingerprint density at radius 1 is 0.923 bits per heavy atom. The van der Waals surface area contributed by atoms with Gasteiger partial charge < -0.3 is 52.8 Å². The largest absolute Gasteiger partial charge is 0.468 e. The topological polar surface area (TPSA) is 195 Å². The van der Waals surface area contributed by atoms with Crippen LogP contribution >= 0.6 is 0 Å². The predicted molar refractivity (Wildman–Crippen MR) is 173 cm³/mol. The molecule has 0 aromatic heterocycles. The van der Waals surface area contributed by atoms with Gasteiger partial charge in [0.25, 0.3) is 0 Å². The predicted octanol–water partition coefficient (Wildman–Crippen LogP) is 0.864. The number of esters is 4. The Bertz CT molecular complexity index is 1550. The molecule has 2 bridgehead atoms. The van der Waals surface area contributed by atoms with Crippen molar-refractivity contribution in [1.29, 1.82) is 0 Å². The molecule has 4 saturated heterocycles. The van der Waals surface area contributed by atoms with Gasteiger partial charge in [0.05, 0.1) is 69.5 Å². The molecular formula is C37H52O15. The summed E-state index contributed by atoms with van der Waals surface area (Å²) in [6, 6.07) is 0. The van der Waals surface area contributed by atoms with Gasteiger partial charge in [0.1, 0.15) is 28.8 Å². The minimum absolute atomic E-state index is 0.128. The summed E-state index contributed by atoms with van der Waals surface area (Å²) in [4.78, 5) is 54.6. The molecule has 290 valence electrons. The van der Waals surface area contributed by atoms with Gasteiger partial charge in [-0.1, -0.05) is 20.8 Å². The fraction of sp³-hybridized carbons (Fsp3) is 0.892. The van der Waals surface area contributed by atoms with Crippen LogP contribution in [0, 0.1) is 39.9 Å². The number of epoxide rings is 1. The van der Waals surface area contributed by atoms with Crippen LogP contribution in [0.5, 0.6) is 0 Å². The van der Waals surface area contributed by atoms with Crippen LogP contribution in [-0.4, -0.2) is 134 Å². The van der Waals surface area contributed by atoms with Crippen LogP contribution in [0.3, 0.4) is 0 Å². The zero-order valence-corrected chi connectivity index (χ0v) is 31.1. The van der Waals surface area contributed by atoms with Gasteiger partial charge in [-0.15, -0.1) is 0 Å². The lowest BCUT2D eigenvalue weighted by molar-refractivity contribution is -0.282. The number of hydrogen-bond donors (Lipinski definition) is 2. The molecule has 0 radical (unpaired) electrons. The van der Waals surface area contributed by atoms with Crippen LogP contribution < -0.4 is 0 Å². The monoisotopic (exact) mass is 736 g/mol. The van der Waals surface area contributed by atoms with Crippen molar-refractivity contribution < 1.29 is 72.0 Å². The summed E-state index contributed by atoms with van der Waals surface area (Å²) in [6.45, 7) is 8.13. The van der Waals surface area contributed by atoms with Gasteiger partial charge in [0.2, 0.25) is 0 Å². The Kier molecular flexibility index (Phi) is 8.13. The molecule has 4 saturated carbocycles. The van der Waals surface area contributed by atoms with Crippen LogP contribution in [-0.2, 0) is 61.8 Å². The average Bonchev–Trinajstić information content (AvgIpc) is 3.52. The molecular weight excluding hydrogens is 684 g/mol. The minimum atomic E-state index is -1.66. The van der Waals surface area contributed by atoms with E-state index >= 15 is 0 Å². The number of carbonyl (C=O) groups excluding carboxylic acids is 4. The molecule has 2 N–H and O–H groups in total. The first-order chi connectivity index (χ1) is 24.5. The standard InChI is InChI=1S/C37H52O15/c1-9-16(2)29(40)51-20-12-21(49-17(3)38)35(31(42)46-8)15-47-24-27(35)34(20)14-48-25(30(41)45-7)26(34)32(4,28(24)39)37-23-11-19(33(37,5)52-37)36(43)13-18(44-6)10-22(36)50-23/h16,18-28,39,43H,9-15H2,1-8H3/t16?,18-,19?,20+,21-,22-,23?,24-,25+,26+,27-,28-,32+,33+,34-,35+,36+,37+/m1/s1. The van der Waals surface area contributed by atoms with Gasteiger partial charge in [-0.3, -0.25) is 14.4 Å². The zero-order chi connectivity index (χ0) is 37.6. The van der Waals surface area contributed by atoms with E-state index in [1.165, 1.54) is 21.1 Å². The molecule has 15 nitrogen and oxygen atoms in total. The number of aliphatic hydroxyl groups excluding tert-OH is 1. The molecule has 0 aromatic carbocycles. The molecule has 8 aliphatic rings. The molecule has 3 unspecified atom stereocenters. The lowest BCUT2D eigenvalue weighted by atomic mass is 9.38. The van der Waals surface area contributed by atoms with Crippen molar-refractivity contribution in [2.24, 2.45) is 39.9 Å². The van der Waals surface area contributed by atoms with E-state index in [0.717, 1.165) is 0 Å². The van der Waals surface area contributed by atoms with Crippen molar-refractivity contribution in [3.63, 3.8) is 0 Å². The van der Waals surface area contributed by atoms with E-state index in [-0.39, 0.29) is 25.7 Å². The van der Waals surface area contributed by atoms with Gasteiger partial charge in [-0.2, -0.15) is 0 Å². The number of methoxy groups -OCH3 is 3. The highest BCUT2D eigenvalue weighted by Crippen LogP contribution is 2.82. The number of ether oxygens (including phenoxy) is 9. The summed E-state index contributed by atoms with van der Waals surface area (Å²) >= 11 is 0. The van der Waals surface area contributed by atoms with E-state index < -0.39 is 123 Å². The van der Waals surface area contributed by atoms with Gasteiger partial charge in [0.15, 0.2) is 6.10 Å². The second kappa shape index (κ2) is 11.6. The van der Waals surface area contributed by atoms with E-state index in [1.807, 2.05) is 20.8 Å². The molecule has 4 aliphatic carbocycles. The third-order valence-corrected chi connectivity index (χ3v) is 15.4. The third-order valence-electron chi connectivity index (χ3n) is 15.4. The molecule has 4 heterocycles. The summed E-state index contributed by atoms with van der Waals surface area (Å²) in [5, 5.41) is 25.3. The van der Waals surface area contributed by atoms with E-state index in [0.29, 0.717) is 25.7 Å². The number of fused-ring (bicyclic) bond motifs is 7. The van der Waals surface area contributed by atoms with Crippen LogP contribution in [0.25, 0.3) is 0 Å². The van der Waals surface area contributed by atoms with Gasteiger partial charge in [-0.25, -0.2) is 4.79 Å². The van der Waals surface area contributed by atoms with E-state index in [2.05, 4.69) is 0 Å². The van der Waals surface area contributed by atoms with Crippen LogP contribution in [0.15, 0.2) is 0 Å². The number of rotatable bonds is 8. The quantitative estimate of drug-likeness (QED) is 0.202. The van der Waals surface area contributed by atoms with Crippen molar-refractivity contribution in [3.05, 3.63) is 0 Å². The average molecular weight is 737 g/mol. The van der Waals surface area contributed by atoms with E-state index in [9.17, 15) is 29.4 Å². The summed E-state index contributed by atoms with van der Waals surface area (Å²) in [6.07, 6.45) is -5.86. The Morgan fingerprint density at radius 2 is 1.65 bits per heavy atom. The number of hydrogen-bond acceptors (Lipinski definition) is 15. The molecule has 52 heavy (non-hydrogen) atoms. The first-order valence-electron chi connectivity index (χ1n) is 18.6. The Labute approximate surface area is 302 Å². The van der Waals surface area contributed by atoms with Crippen molar-refractivity contribution in [3.8, 4) is 0 Å². The fourth-order valence-electron chi connectivity index (χ4n) is 13.2. The maximum atomic E-state index is 14.2. The molecule has 15 heteroatoms. The third kappa shape index (κ3) is 4.01. The zero-order valence-electron chi connectivity index (χ0n) is 31.1. The van der Waals surface area contributed by atoms with Crippen LogP contribution in [0.2, 0.25) is 0 Å². The van der Waals surface area contributed by atoms with Gasteiger partial charge >= 0.3 is 23.9 Å². The van der Waals surface area contributed by atoms with Crippen LogP contribution in [0.1, 0.15) is 66.7 Å². The maximum Gasteiger partial charge on any atom is 0.335 e. The van der Waals surface area contributed by atoms with Crippen molar-refractivity contribution in [2.75, 3.05) is 34.5 Å². The van der Waals surface area contributed by atoms with Crippen LogP contribution in [0.4, 0.5) is 0 Å². The lowest BCUT2D eigenvalue weighted by Gasteiger charge is -2.65. The summed E-state index contributed by atoms with van der Waals surface area (Å²) < 4.78 is 55.5. The summed E-state index contributed by atoms with van der Waals surface area (Å²) in [5.41, 5.74) is -8.09. The second-order valence-electron chi connectivity index (χ2n) is 17.1. The fourth-order valence-corrected chi connectivity index (χ4v) is 13.2. The molecule has 1 spiro atoms. The summed E-state index contributed by atoms with van der Waals surface area (Å²) in [7, 11) is 4.09. The van der Waals surface area contributed by atoms with Gasteiger partial charge in [0, 0.05) is 61.9 Å². The molecule has 0 amide bonds. The van der Waals surface area contributed by atoms with E-state index in [1.54, 1.807) is 14.0 Å². The first-order valence-corrected chi connectivity index (χ1v) is 18.6. The Hall–Kier alpha value is -2.40.